The molecule has 2 amide bonds. The number of para-hydroxylation sites is 2. The molecule has 2 aromatic rings. The summed E-state index contributed by atoms with van der Waals surface area (Å²) in [6.07, 6.45) is 0.961. The maximum atomic E-state index is 13.0. The summed E-state index contributed by atoms with van der Waals surface area (Å²) < 4.78 is 0. The smallest absolute Gasteiger partial charge is 0.242 e. The summed E-state index contributed by atoms with van der Waals surface area (Å²) in [4.78, 5) is 32.3. The molecule has 0 unspecified atom stereocenters. The molecule has 1 fully saturated rings. The number of hydrogen-bond acceptors (Lipinski definition) is 4. The molecule has 1 saturated heterocycles. The van der Waals surface area contributed by atoms with Crippen LogP contribution in [-0.2, 0) is 9.59 Å². The number of nitrogens with zero attached hydrogens (tertiary/aromatic N) is 2. The molecule has 3 rings (SSSR count). The highest BCUT2D eigenvalue weighted by molar-refractivity contribution is 8.15. The number of amidine groups is 1. The third-order valence-corrected chi connectivity index (χ3v) is 6.41. The fourth-order valence-corrected chi connectivity index (χ4v) is 4.77. The molecule has 1 aliphatic heterocycles. The van der Waals surface area contributed by atoms with Crippen molar-refractivity contribution in [1.82, 2.24) is 4.90 Å². The molecule has 30 heavy (non-hydrogen) atoms. The Hall–Kier alpha value is -2.60. The highest BCUT2D eigenvalue weighted by atomic mass is 32.2. The first-order valence-corrected chi connectivity index (χ1v) is 11.2. The fourth-order valence-electron chi connectivity index (χ4n) is 3.60. The van der Waals surface area contributed by atoms with Crippen molar-refractivity contribution in [2.24, 2.45) is 4.99 Å². The molecule has 1 atom stereocenters. The van der Waals surface area contributed by atoms with Crippen LogP contribution in [0.1, 0.15) is 42.0 Å². The molecule has 0 radical (unpaired) electrons. The number of anilines is 1. The molecular formula is C24H29N3O2S. The van der Waals surface area contributed by atoms with Crippen LogP contribution in [0.3, 0.4) is 0 Å². The minimum absolute atomic E-state index is 0.0384. The van der Waals surface area contributed by atoms with E-state index < -0.39 is 5.25 Å². The predicted molar refractivity (Wildman–Crippen MR) is 126 cm³/mol. The number of benzene rings is 2. The quantitative estimate of drug-likeness (QED) is 0.687. The molecule has 0 saturated carbocycles. The van der Waals surface area contributed by atoms with Gasteiger partial charge in [0, 0.05) is 18.7 Å². The van der Waals surface area contributed by atoms with Crippen molar-refractivity contribution in [3.63, 3.8) is 0 Å². The van der Waals surface area contributed by atoms with Crippen LogP contribution < -0.4 is 5.32 Å². The van der Waals surface area contributed by atoms with Gasteiger partial charge in [0.05, 0.1) is 5.69 Å². The normalized spacial score (nSPS) is 17.6. The van der Waals surface area contributed by atoms with Crippen molar-refractivity contribution in [2.75, 3.05) is 11.9 Å². The van der Waals surface area contributed by atoms with E-state index in [4.69, 9.17) is 4.99 Å². The molecule has 158 valence electrons. The molecule has 1 heterocycles. The van der Waals surface area contributed by atoms with Gasteiger partial charge in [-0.3, -0.25) is 14.5 Å². The molecule has 2 aromatic carbocycles. The fraction of sp³-hybridized carbons (Fsp3) is 0.375. The van der Waals surface area contributed by atoms with Gasteiger partial charge in [0.25, 0.3) is 0 Å². The molecule has 0 spiro atoms. The van der Waals surface area contributed by atoms with E-state index in [1.807, 2.05) is 71.0 Å². The van der Waals surface area contributed by atoms with E-state index in [0.29, 0.717) is 11.7 Å². The summed E-state index contributed by atoms with van der Waals surface area (Å²) in [6, 6.07) is 12.0. The van der Waals surface area contributed by atoms with Crippen LogP contribution >= 0.6 is 11.8 Å². The van der Waals surface area contributed by atoms with Gasteiger partial charge in [-0.15, -0.1) is 0 Å². The van der Waals surface area contributed by atoms with Gasteiger partial charge >= 0.3 is 0 Å². The molecule has 1 aliphatic rings. The zero-order valence-electron chi connectivity index (χ0n) is 18.3. The van der Waals surface area contributed by atoms with Crippen molar-refractivity contribution < 1.29 is 9.59 Å². The van der Waals surface area contributed by atoms with E-state index in [0.717, 1.165) is 40.0 Å². The summed E-state index contributed by atoms with van der Waals surface area (Å²) in [5.41, 5.74) is 5.89. The van der Waals surface area contributed by atoms with Crippen LogP contribution in [0, 0.1) is 27.7 Å². The first-order valence-electron chi connectivity index (χ1n) is 10.3. The van der Waals surface area contributed by atoms with Crippen LogP contribution in [0.15, 0.2) is 41.4 Å². The average molecular weight is 424 g/mol. The van der Waals surface area contributed by atoms with E-state index >= 15 is 0 Å². The maximum absolute atomic E-state index is 13.0. The van der Waals surface area contributed by atoms with E-state index in [2.05, 4.69) is 5.32 Å². The second-order valence-electron chi connectivity index (χ2n) is 7.75. The topological polar surface area (TPSA) is 61.8 Å². The zero-order chi connectivity index (χ0) is 21.8. The van der Waals surface area contributed by atoms with E-state index in [9.17, 15) is 9.59 Å². The number of aryl methyl sites for hydroxylation is 4. The Kier molecular flexibility index (Phi) is 6.98. The Bertz CT molecular complexity index is 959. The minimum Gasteiger partial charge on any atom is -0.326 e. The van der Waals surface area contributed by atoms with Gasteiger partial charge in [0.2, 0.25) is 11.8 Å². The highest BCUT2D eigenvalue weighted by Gasteiger charge is 2.38. The number of aliphatic imine (C=N–C) groups is 1. The summed E-state index contributed by atoms with van der Waals surface area (Å²) in [7, 11) is 0. The van der Waals surface area contributed by atoms with Gasteiger partial charge in [-0.05, 0) is 56.4 Å². The van der Waals surface area contributed by atoms with Crippen LogP contribution in [0.2, 0.25) is 0 Å². The summed E-state index contributed by atoms with van der Waals surface area (Å²) in [6.45, 7) is 10.6. The molecule has 0 aromatic heterocycles. The maximum Gasteiger partial charge on any atom is 0.242 e. The van der Waals surface area contributed by atoms with Crippen LogP contribution in [-0.4, -0.2) is 33.7 Å². The van der Waals surface area contributed by atoms with E-state index in [1.165, 1.54) is 11.8 Å². The second-order valence-corrected chi connectivity index (χ2v) is 8.92. The van der Waals surface area contributed by atoms with Gasteiger partial charge in [-0.25, -0.2) is 4.99 Å². The van der Waals surface area contributed by atoms with E-state index in [-0.39, 0.29) is 18.2 Å². The van der Waals surface area contributed by atoms with Crippen molar-refractivity contribution in [1.29, 1.82) is 0 Å². The van der Waals surface area contributed by atoms with Crippen molar-refractivity contribution >= 4 is 40.1 Å². The Morgan fingerprint density at radius 3 is 2.17 bits per heavy atom. The predicted octanol–water partition coefficient (Wildman–Crippen LogP) is 5.29. The van der Waals surface area contributed by atoms with Crippen LogP contribution in [0.25, 0.3) is 0 Å². The molecule has 1 N–H and O–H groups in total. The van der Waals surface area contributed by atoms with Gasteiger partial charge in [0.15, 0.2) is 5.17 Å². The lowest BCUT2D eigenvalue weighted by molar-refractivity contribution is -0.128. The lowest BCUT2D eigenvalue weighted by Crippen LogP contribution is -2.34. The minimum atomic E-state index is -0.455. The Labute approximate surface area is 183 Å². The monoisotopic (exact) mass is 423 g/mol. The number of amides is 2. The molecular weight excluding hydrogens is 394 g/mol. The van der Waals surface area contributed by atoms with Crippen LogP contribution in [0.4, 0.5) is 11.4 Å². The molecule has 6 heteroatoms. The molecule has 0 bridgehead atoms. The van der Waals surface area contributed by atoms with Crippen molar-refractivity contribution in [2.45, 2.75) is 52.7 Å². The van der Waals surface area contributed by atoms with Crippen molar-refractivity contribution in [3.8, 4) is 0 Å². The summed E-state index contributed by atoms with van der Waals surface area (Å²) >= 11 is 1.39. The number of rotatable bonds is 6. The zero-order valence-corrected chi connectivity index (χ0v) is 19.1. The Morgan fingerprint density at radius 2 is 1.60 bits per heavy atom. The number of carbonyl (C=O) groups is 2. The standard InChI is InChI=1S/C24H29N3O2S/c1-6-13-27-23(29)19(14-20(28)25-21-15(2)9-7-10-16(21)3)30-24(27)26-22-17(4)11-8-12-18(22)5/h7-12,19H,6,13-14H2,1-5H3,(H,25,28)/t19-/m1/s1. The Morgan fingerprint density at radius 1 is 1.03 bits per heavy atom. The number of carbonyl (C=O) groups excluding carboxylic acids is 2. The molecule has 5 nitrogen and oxygen atoms in total. The van der Waals surface area contributed by atoms with E-state index in [1.54, 1.807) is 4.90 Å². The van der Waals surface area contributed by atoms with Gasteiger partial charge in [-0.1, -0.05) is 55.1 Å². The number of thioether (sulfide) groups is 1. The third-order valence-electron chi connectivity index (χ3n) is 5.23. The van der Waals surface area contributed by atoms with Gasteiger partial charge in [0.1, 0.15) is 5.25 Å². The Balaban J connectivity index is 1.80. The first-order chi connectivity index (χ1) is 14.3. The average Bonchev–Trinajstić information content (AvgIpc) is 2.97. The largest absolute Gasteiger partial charge is 0.326 e. The summed E-state index contributed by atoms with van der Waals surface area (Å²) in [5, 5.41) is 3.22. The third kappa shape index (κ3) is 4.75. The first kappa shape index (κ1) is 22.1. The number of nitrogens with one attached hydrogen (secondary N) is 1. The van der Waals surface area contributed by atoms with Crippen molar-refractivity contribution in [3.05, 3.63) is 58.7 Å². The molecule has 0 aliphatic carbocycles. The van der Waals surface area contributed by atoms with Gasteiger partial charge < -0.3 is 5.32 Å². The van der Waals surface area contributed by atoms with Gasteiger partial charge in [-0.2, -0.15) is 0 Å². The second kappa shape index (κ2) is 9.47. The SMILES string of the molecule is CCCN1C(=O)[C@@H](CC(=O)Nc2c(C)cccc2C)SC1=Nc1c(C)cccc1C. The van der Waals surface area contributed by atoms with Crippen LogP contribution in [0.5, 0.6) is 0 Å². The lowest BCUT2D eigenvalue weighted by Gasteiger charge is -2.16. The highest BCUT2D eigenvalue weighted by Crippen LogP contribution is 2.34. The summed E-state index contributed by atoms with van der Waals surface area (Å²) in [5.74, 6) is -0.188. The lowest BCUT2D eigenvalue weighted by atomic mass is 10.1. The number of hydrogen-bond donors (Lipinski definition) is 1.